The molecule has 0 saturated carbocycles. The second-order valence-electron chi connectivity index (χ2n) is 8.89. The van der Waals surface area contributed by atoms with E-state index in [0.717, 1.165) is 41.1 Å². The predicted octanol–water partition coefficient (Wildman–Crippen LogP) is 4.19. The molecule has 1 aliphatic heterocycles. The highest BCUT2D eigenvalue weighted by Gasteiger charge is 2.27. The first-order valence-corrected chi connectivity index (χ1v) is 14.7. The summed E-state index contributed by atoms with van der Waals surface area (Å²) < 4.78 is 34.1. The van der Waals surface area contributed by atoms with E-state index in [1.165, 1.54) is 18.3 Å². The number of sulfonamides is 1. The van der Waals surface area contributed by atoms with E-state index in [2.05, 4.69) is 26.5 Å². The molecule has 204 valence electrons. The zero-order valence-electron chi connectivity index (χ0n) is 21.2. The number of anilines is 1. The van der Waals surface area contributed by atoms with Crippen molar-refractivity contribution in [2.75, 3.05) is 30.5 Å². The van der Waals surface area contributed by atoms with Gasteiger partial charge < -0.3 is 9.64 Å². The molecule has 11 heteroatoms. The van der Waals surface area contributed by atoms with Crippen LogP contribution in [0.2, 0.25) is 0 Å². The van der Waals surface area contributed by atoms with Crippen molar-refractivity contribution >= 4 is 49.7 Å². The summed E-state index contributed by atoms with van der Waals surface area (Å²) in [5.41, 5.74) is 3.42. The molecule has 0 radical (unpaired) electrons. The number of hydrazone groups is 1. The van der Waals surface area contributed by atoms with Crippen LogP contribution in [0.4, 0.5) is 5.69 Å². The molecule has 0 aliphatic carbocycles. The quantitative estimate of drug-likeness (QED) is 0.273. The van der Waals surface area contributed by atoms with Crippen molar-refractivity contribution in [1.82, 2.24) is 10.3 Å². The highest BCUT2D eigenvalue weighted by Crippen LogP contribution is 2.25. The van der Waals surface area contributed by atoms with Crippen molar-refractivity contribution in [3.8, 4) is 5.75 Å². The first-order chi connectivity index (χ1) is 18.8. The van der Waals surface area contributed by atoms with E-state index < -0.39 is 22.5 Å². The number of piperidine rings is 1. The van der Waals surface area contributed by atoms with E-state index in [1.807, 2.05) is 4.90 Å². The van der Waals surface area contributed by atoms with Gasteiger partial charge >= 0.3 is 0 Å². The van der Waals surface area contributed by atoms with Gasteiger partial charge in [-0.3, -0.25) is 13.9 Å². The minimum Gasteiger partial charge on any atom is -0.484 e. The topological polar surface area (TPSA) is 108 Å². The monoisotopic (exact) mass is 612 g/mol. The fourth-order valence-electron chi connectivity index (χ4n) is 4.02. The largest absolute Gasteiger partial charge is 0.484 e. The van der Waals surface area contributed by atoms with Crippen LogP contribution in [0.1, 0.15) is 24.8 Å². The number of ether oxygens (including phenoxy) is 1. The molecule has 1 heterocycles. The van der Waals surface area contributed by atoms with E-state index in [0.29, 0.717) is 17.0 Å². The van der Waals surface area contributed by atoms with E-state index >= 15 is 0 Å². The second-order valence-corrected chi connectivity index (χ2v) is 11.7. The molecule has 39 heavy (non-hydrogen) atoms. The van der Waals surface area contributed by atoms with Gasteiger partial charge in [-0.15, -0.1) is 0 Å². The molecule has 4 rings (SSSR count). The van der Waals surface area contributed by atoms with E-state index in [4.69, 9.17) is 4.74 Å². The lowest BCUT2D eigenvalue weighted by molar-refractivity contribution is -0.134. The zero-order valence-corrected chi connectivity index (χ0v) is 23.6. The van der Waals surface area contributed by atoms with Crippen molar-refractivity contribution < 1.29 is 22.7 Å². The van der Waals surface area contributed by atoms with Gasteiger partial charge in [0.25, 0.3) is 21.8 Å². The molecule has 9 nitrogen and oxygen atoms in total. The first-order valence-electron chi connectivity index (χ1n) is 12.5. The van der Waals surface area contributed by atoms with Crippen LogP contribution in [0.5, 0.6) is 5.75 Å². The second kappa shape index (κ2) is 13.4. The average Bonchev–Trinajstić information content (AvgIpc) is 2.97. The lowest BCUT2D eigenvalue weighted by atomic mass is 10.1. The lowest BCUT2D eigenvalue weighted by Crippen LogP contribution is -2.39. The molecule has 0 spiro atoms. The van der Waals surface area contributed by atoms with Crippen LogP contribution in [-0.2, 0) is 19.6 Å². The van der Waals surface area contributed by atoms with Crippen molar-refractivity contribution in [3.63, 3.8) is 0 Å². The normalized spacial score (nSPS) is 13.7. The molecule has 1 N–H and O–H groups in total. The number of likely N-dealkylation sites (tertiary alicyclic amines) is 1. The number of hydrogen-bond donors (Lipinski definition) is 1. The maximum absolute atomic E-state index is 13.3. The van der Waals surface area contributed by atoms with Gasteiger partial charge in [0.15, 0.2) is 6.61 Å². The molecule has 1 aliphatic rings. The summed E-state index contributed by atoms with van der Waals surface area (Å²) in [6, 6.07) is 21.5. The Balaban J connectivity index is 1.35. The number of carbonyl (C=O) groups is 2. The third-order valence-corrected chi connectivity index (χ3v) is 8.40. The number of nitrogens with one attached hydrogen (secondary N) is 1. The number of nitrogens with zero attached hydrogens (tertiary/aromatic N) is 3. The maximum atomic E-state index is 13.3. The third kappa shape index (κ3) is 7.90. The predicted molar refractivity (Wildman–Crippen MR) is 153 cm³/mol. The van der Waals surface area contributed by atoms with Gasteiger partial charge in [0.05, 0.1) is 16.8 Å². The highest BCUT2D eigenvalue weighted by molar-refractivity contribution is 9.10. The smallest absolute Gasteiger partial charge is 0.264 e. The summed E-state index contributed by atoms with van der Waals surface area (Å²) in [6.45, 7) is 1.09. The summed E-state index contributed by atoms with van der Waals surface area (Å²) >= 11 is 3.34. The maximum Gasteiger partial charge on any atom is 0.264 e. The Morgan fingerprint density at radius 2 is 1.62 bits per heavy atom. The molecule has 1 saturated heterocycles. The summed E-state index contributed by atoms with van der Waals surface area (Å²) in [6.07, 6.45) is 4.66. The van der Waals surface area contributed by atoms with Crippen LogP contribution in [0.15, 0.2) is 93.3 Å². The summed E-state index contributed by atoms with van der Waals surface area (Å²) in [7, 11) is -4.00. The summed E-state index contributed by atoms with van der Waals surface area (Å²) in [5, 5.41) is 3.97. The molecule has 3 aromatic carbocycles. The Morgan fingerprint density at radius 3 is 2.28 bits per heavy atom. The molecular weight excluding hydrogens is 584 g/mol. The van der Waals surface area contributed by atoms with Gasteiger partial charge in [0.1, 0.15) is 12.3 Å². The van der Waals surface area contributed by atoms with Gasteiger partial charge in [0.2, 0.25) is 0 Å². The molecular formula is C28H29BrN4O5S. The Hall–Kier alpha value is -3.70. The van der Waals surface area contributed by atoms with Crippen LogP contribution in [0.25, 0.3) is 0 Å². The first kappa shape index (κ1) is 28.3. The fourth-order valence-corrected chi connectivity index (χ4v) is 5.72. The van der Waals surface area contributed by atoms with Crippen LogP contribution >= 0.6 is 15.9 Å². The number of halogens is 1. The Kier molecular flexibility index (Phi) is 9.72. The molecule has 1 fully saturated rings. The summed E-state index contributed by atoms with van der Waals surface area (Å²) in [5.74, 6) is -0.0721. The van der Waals surface area contributed by atoms with Crippen LogP contribution < -0.4 is 14.5 Å². The van der Waals surface area contributed by atoms with Crippen molar-refractivity contribution in [2.24, 2.45) is 5.10 Å². The number of benzene rings is 3. The van der Waals surface area contributed by atoms with E-state index in [1.54, 1.807) is 66.7 Å². The van der Waals surface area contributed by atoms with Crippen molar-refractivity contribution in [2.45, 2.75) is 24.2 Å². The van der Waals surface area contributed by atoms with Gasteiger partial charge in [-0.05, 0) is 85.5 Å². The van der Waals surface area contributed by atoms with E-state index in [9.17, 15) is 18.0 Å². The fraction of sp³-hybridized carbons (Fsp3) is 0.250. The average molecular weight is 614 g/mol. The molecule has 0 bridgehead atoms. The van der Waals surface area contributed by atoms with Gasteiger partial charge in [-0.1, -0.05) is 34.1 Å². The molecule has 0 aromatic heterocycles. The number of rotatable bonds is 10. The zero-order chi connectivity index (χ0) is 27.7. The molecule has 2 amide bonds. The molecule has 0 atom stereocenters. The number of carbonyl (C=O) groups excluding carboxylic acids is 2. The number of hydrogen-bond acceptors (Lipinski definition) is 6. The Morgan fingerprint density at radius 1 is 0.949 bits per heavy atom. The standard InChI is InChI=1S/C28H29BrN4O5S/c29-23-11-13-24(14-12-23)33(39(36,37)26-7-3-1-4-8-26)20-27(34)31-30-19-22-9-15-25(16-10-22)38-21-28(35)32-17-5-2-6-18-32/h1,3-4,7-16,19H,2,5-6,17-18,20-21H2,(H,31,34)/b30-19-. The highest BCUT2D eigenvalue weighted by atomic mass is 79.9. The molecule has 0 unspecified atom stereocenters. The summed E-state index contributed by atoms with van der Waals surface area (Å²) in [4.78, 5) is 26.9. The van der Waals surface area contributed by atoms with Crippen LogP contribution in [0, 0.1) is 0 Å². The number of amides is 2. The Bertz CT molecular complexity index is 1390. The Labute approximate surface area is 236 Å². The minimum atomic E-state index is -4.00. The third-order valence-electron chi connectivity index (χ3n) is 6.09. The van der Waals surface area contributed by atoms with Gasteiger partial charge in [-0.2, -0.15) is 5.10 Å². The van der Waals surface area contributed by atoms with Crippen LogP contribution in [0.3, 0.4) is 0 Å². The van der Waals surface area contributed by atoms with E-state index in [-0.39, 0.29) is 17.4 Å². The SMILES string of the molecule is O=C(CN(c1ccc(Br)cc1)S(=O)(=O)c1ccccc1)N/N=C\c1ccc(OCC(=O)N2CCCCC2)cc1. The molecule has 3 aromatic rings. The lowest BCUT2D eigenvalue weighted by Gasteiger charge is -2.26. The van der Waals surface area contributed by atoms with Crippen molar-refractivity contribution in [3.05, 3.63) is 88.9 Å². The van der Waals surface area contributed by atoms with Crippen molar-refractivity contribution in [1.29, 1.82) is 0 Å². The van der Waals surface area contributed by atoms with Gasteiger partial charge in [-0.25, -0.2) is 13.8 Å². The van der Waals surface area contributed by atoms with Crippen LogP contribution in [-0.4, -0.2) is 57.6 Å². The minimum absolute atomic E-state index is 0.00967. The van der Waals surface area contributed by atoms with Gasteiger partial charge in [0, 0.05) is 17.6 Å².